The average molecular weight is 303 g/mol. The molecule has 1 amide bonds. The van der Waals surface area contributed by atoms with E-state index >= 15 is 0 Å². The fourth-order valence-corrected chi connectivity index (χ4v) is 2.86. The van der Waals surface area contributed by atoms with Gasteiger partial charge in [0.05, 0.1) is 11.3 Å². The number of thiophene rings is 1. The Bertz CT molecular complexity index is 596. The Balaban J connectivity index is 2.16. The average Bonchev–Trinajstić information content (AvgIpc) is 2.98. The quantitative estimate of drug-likeness (QED) is 0.807. The fourth-order valence-electron chi connectivity index (χ4n) is 2.17. The second-order valence-electron chi connectivity index (χ2n) is 4.89. The molecule has 4 nitrogen and oxygen atoms in total. The number of anilines is 2. The molecule has 0 fully saturated rings. The third-order valence-corrected chi connectivity index (χ3v) is 4.22. The molecule has 0 bridgehead atoms. The molecule has 3 N–H and O–H groups in total. The Labute approximate surface area is 129 Å². The molecule has 112 valence electrons. The van der Waals surface area contributed by atoms with Gasteiger partial charge >= 0.3 is 0 Å². The molecule has 0 aliphatic heterocycles. The third-order valence-electron chi connectivity index (χ3n) is 3.29. The van der Waals surface area contributed by atoms with Crippen molar-refractivity contribution in [2.24, 2.45) is 0 Å². The van der Waals surface area contributed by atoms with Gasteiger partial charge in [-0.25, -0.2) is 0 Å². The van der Waals surface area contributed by atoms with E-state index in [-0.39, 0.29) is 5.91 Å². The van der Waals surface area contributed by atoms with Gasteiger partial charge in [-0.05, 0) is 43.0 Å². The van der Waals surface area contributed by atoms with Crippen molar-refractivity contribution >= 4 is 28.6 Å². The lowest BCUT2D eigenvalue weighted by atomic mass is 10.1. The van der Waals surface area contributed by atoms with Crippen LogP contribution in [0.1, 0.15) is 22.2 Å². The number of amides is 1. The highest BCUT2D eigenvalue weighted by molar-refractivity contribution is 7.09. The van der Waals surface area contributed by atoms with Gasteiger partial charge in [-0.3, -0.25) is 4.79 Å². The summed E-state index contributed by atoms with van der Waals surface area (Å²) in [5, 5.41) is 4.92. The van der Waals surface area contributed by atoms with Crippen LogP contribution in [0.4, 0.5) is 11.4 Å². The Morgan fingerprint density at radius 3 is 2.86 bits per heavy atom. The second kappa shape index (κ2) is 7.13. The maximum Gasteiger partial charge on any atom is 0.253 e. The van der Waals surface area contributed by atoms with Gasteiger partial charge in [0, 0.05) is 30.7 Å². The number of carbonyl (C=O) groups excluding carboxylic acids is 1. The second-order valence-corrected chi connectivity index (χ2v) is 5.92. The monoisotopic (exact) mass is 303 g/mol. The minimum absolute atomic E-state index is 0.0597. The van der Waals surface area contributed by atoms with Crippen LogP contribution in [-0.2, 0) is 6.42 Å². The molecular formula is C16H21N3OS. The van der Waals surface area contributed by atoms with E-state index in [1.165, 1.54) is 4.88 Å². The van der Waals surface area contributed by atoms with Crippen molar-refractivity contribution in [2.45, 2.75) is 13.3 Å². The van der Waals surface area contributed by atoms with Crippen molar-refractivity contribution in [3.8, 4) is 0 Å². The zero-order chi connectivity index (χ0) is 15.2. The van der Waals surface area contributed by atoms with Gasteiger partial charge in [0.25, 0.3) is 5.91 Å². The predicted molar refractivity (Wildman–Crippen MR) is 90.2 cm³/mol. The number of nitrogens with one attached hydrogen (secondary N) is 1. The zero-order valence-corrected chi connectivity index (χ0v) is 13.2. The normalized spacial score (nSPS) is 10.4. The van der Waals surface area contributed by atoms with Crippen molar-refractivity contribution in [1.82, 2.24) is 5.32 Å². The fraction of sp³-hybridized carbons (Fsp3) is 0.312. The number of hydrogen-bond donors (Lipinski definition) is 2. The topological polar surface area (TPSA) is 58.4 Å². The smallest absolute Gasteiger partial charge is 0.253 e. The maximum absolute atomic E-state index is 12.1. The minimum Gasteiger partial charge on any atom is -0.399 e. The summed E-state index contributed by atoms with van der Waals surface area (Å²) in [6.07, 6.45) is 0.956. The van der Waals surface area contributed by atoms with Crippen LogP contribution in [0.15, 0.2) is 35.7 Å². The van der Waals surface area contributed by atoms with Crippen molar-refractivity contribution < 1.29 is 4.79 Å². The largest absolute Gasteiger partial charge is 0.399 e. The molecule has 0 unspecified atom stereocenters. The molecule has 2 rings (SSSR count). The molecule has 1 heterocycles. The number of carbonyl (C=O) groups is 1. The van der Waals surface area contributed by atoms with E-state index in [9.17, 15) is 4.79 Å². The molecule has 2 aromatic rings. The van der Waals surface area contributed by atoms with Crippen molar-refractivity contribution in [1.29, 1.82) is 0 Å². The Morgan fingerprint density at radius 2 is 2.19 bits per heavy atom. The van der Waals surface area contributed by atoms with E-state index in [0.29, 0.717) is 17.8 Å². The van der Waals surface area contributed by atoms with Crippen LogP contribution in [0.25, 0.3) is 0 Å². The van der Waals surface area contributed by atoms with Crippen LogP contribution in [0, 0.1) is 0 Å². The van der Waals surface area contributed by atoms with Crippen LogP contribution >= 0.6 is 11.3 Å². The van der Waals surface area contributed by atoms with E-state index in [1.54, 1.807) is 23.5 Å². The van der Waals surface area contributed by atoms with Gasteiger partial charge in [0.15, 0.2) is 0 Å². The van der Waals surface area contributed by atoms with Crippen LogP contribution in [0.2, 0.25) is 0 Å². The standard InChI is InChI=1S/C16H21N3OS/c1-3-18-16(20)14-7-6-12(17)11-15(14)19(2)9-8-13-5-4-10-21-13/h4-7,10-11H,3,8-9,17H2,1-2H3,(H,18,20). The number of hydrogen-bond acceptors (Lipinski definition) is 4. The summed E-state index contributed by atoms with van der Waals surface area (Å²) in [5.41, 5.74) is 8.08. The van der Waals surface area contributed by atoms with Gasteiger partial charge in [-0.1, -0.05) is 6.07 Å². The molecule has 0 spiro atoms. The van der Waals surface area contributed by atoms with Crippen molar-refractivity contribution in [2.75, 3.05) is 30.8 Å². The summed E-state index contributed by atoms with van der Waals surface area (Å²) in [4.78, 5) is 15.6. The first kappa shape index (κ1) is 15.4. The lowest BCUT2D eigenvalue weighted by Gasteiger charge is -2.22. The number of likely N-dealkylation sites (N-methyl/N-ethyl adjacent to an activating group) is 1. The Hall–Kier alpha value is -2.01. The summed E-state index contributed by atoms with van der Waals surface area (Å²) in [6, 6.07) is 9.60. The third kappa shape index (κ3) is 3.98. The SMILES string of the molecule is CCNC(=O)c1ccc(N)cc1N(C)CCc1cccs1. The van der Waals surface area contributed by atoms with Crippen LogP contribution in [0.5, 0.6) is 0 Å². The van der Waals surface area contributed by atoms with E-state index < -0.39 is 0 Å². The van der Waals surface area contributed by atoms with Gasteiger partial charge in [0.1, 0.15) is 0 Å². The number of nitrogens with two attached hydrogens (primary N) is 1. The van der Waals surface area contributed by atoms with E-state index in [4.69, 9.17) is 5.73 Å². The lowest BCUT2D eigenvalue weighted by Crippen LogP contribution is -2.27. The molecule has 0 atom stereocenters. The minimum atomic E-state index is -0.0597. The molecular weight excluding hydrogens is 282 g/mol. The highest BCUT2D eigenvalue weighted by Crippen LogP contribution is 2.23. The number of benzene rings is 1. The summed E-state index contributed by atoms with van der Waals surface area (Å²) in [5.74, 6) is -0.0597. The van der Waals surface area contributed by atoms with Crippen LogP contribution < -0.4 is 16.0 Å². The van der Waals surface area contributed by atoms with Crippen LogP contribution in [0.3, 0.4) is 0 Å². The Kier molecular flexibility index (Phi) is 5.22. The van der Waals surface area contributed by atoms with Gasteiger partial charge in [-0.15, -0.1) is 11.3 Å². The number of nitrogen functional groups attached to an aromatic ring is 1. The summed E-state index contributed by atoms with van der Waals surface area (Å²) in [6.45, 7) is 3.37. The maximum atomic E-state index is 12.1. The molecule has 1 aromatic heterocycles. The number of nitrogens with zero attached hydrogens (tertiary/aromatic N) is 1. The molecule has 0 aliphatic rings. The molecule has 1 aromatic carbocycles. The van der Waals surface area contributed by atoms with Crippen LogP contribution in [-0.4, -0.2) is 26.0 Å². The van der Waals surface area contributed by atoms with E-state index in [1.807, 2.05) is 20.0 Å². The van der Waals surface area contributed by atoms with E-state index in [0.717, 1.165) is 18.7 Å². The number of rotatable bonds is 6. The van der Waals surface area contributed by atoms with Crippen molar-refractivity contribution in [3.63, 3.8) is 0 Å². The summed E-state index contributed by atoms with van der Waals surface area (Å²) in [7, 11) is 1.99. The highest BCUT2D eigenvalue weighted by Gasteiger charge is 2.14. The molecule has 0 saturated carbocycles. The summed E-state index contributed by atoms with van der Waals surface area (Å²) >= 11 is 1.75. The molecule has 0 saturated heterocycles. The van der Waals surface area contributed by atoms with E-state index in [2.05, 4.69) is 27.7 Å². The van der Waals surface area contributed by atoms with Crippen molar-refractivity contribution in [3.05, 3.63) is 46.2 Å². The zero-order valence-electron chi connectivity index (χ0n) is 12.4. The molecule has 5 heteroatoms. The first-order valence-electron chi connectivity index (χ1n) is 7.03. The van der Waals surface area contributed by atoms with Gasteiger partial charge in [0.2, 0.25) is 0 Å². The molecule has 0 aliphatic carbocycles. The van der Waals surface area contributed by atoms with Gasteiger partial charge in [-0.2, -0.15) is 0 Å². The molecule has 21 heavy (non-hydrogen) atoms. The van der Waals surface area contributed by atoms with Gasteiger partial charge < -0.3 is 16.0 Å². The highest BCUT2D eigenvalue weighted by atomic mass is 32.1. The predicted octanol–water partition coefficient (Wildman–Crippen LogP) is 2.76. The molecule has 0 radical (unpaired) electrons. The Morgan fingerprint density at radius 1 is 1.38 bits per heavy atom. The summed E-state index contributed by atoms with van der Waals surface area (Å²) < 4.78 is 0. The first-order chi connectivity index (χ1) is 10.1. The lowest BCUT2D eigenvalue weighted by molar-refractivity contribution is 0.0956. The first-order valence-corrected chi connectivity index (χ1v) is 7.91.